The number of aliphatic hydroxyl groups excluding tert-OH is 1. The molecule has 0 aliphatic carbocycles. The van der Waals surface area contributed by atoms with Crippen molar-refractivity contribution in [3.8, 4) is 0 Å². The first-order valence-electron chi connectivity index (χ1n) is 6.36. The van der Waals surface area contributed by atoms with Crippen LogP contribution in [0.25, 0.3) is 0 Å². The Morgan fingerprint density at radius 3 is 1.86 bits per heavy atom. The molecule has 0 amide bonds. The molecule has 0 fully saturated rings. The fourth-order valence-electron chi connectivity index (χ4n) is 1.64. The third-order valence-corrected chi connectivity index (χ3v) is 2.87. The van der Waals surface area contributed by atoms with Gasteiger partial charge in [-0.15, -0.1) is 0 Å². The molecule has 0 rings (SSSR count). The van der Waals surface area contributed by atoms with Gasteiger partial charge in [-0.25, -0.2) is 0 Å². The molecule has 14 heavy (non-hydrogen) atoms. The Bertz CT molecular complexity index is 110. The van der Waals surface area contributed by atoms with Crippen molar-refractivity contribution in [2.24, 2.45) is 5.92 Å². The van der Waals surface area contributed by atoms with E-state index in [9.17, 15) is 5.11 Å². The smallest absolute Gasteiger partial charge is 0.0563 e. The van der Waals surface area contributed by atoms with Crippen LogP contribution in [0.2, 0.25) is 0 Å². The number of hydrogen-bond acceptors (Lipinski definition) is 1. The van der Waals surface area contributed by atoms with Gasteiger partial charge in [0.25, 0.3) is 0 Å². The standard InChI is InChI=1S/C13H28O/c1-4-5-6-7-8-9-10-11-13(14)12(2)3/h12-14H,4-11H2,1-3H3. The molecule has 0 saturated carbocycles. The van der Waals surface area contributed by atoms with E-state index >= 15 is 0 Å². The highest BCUT2D eigenvalue weighted by molar-refractivity contribution is 4.59. The number of rotatable bonds is 9. The van der Waals surface area contributed by atoms with Gasteiger partial charge in [0.05, 0.1) is 6.10 Å². The molecule has 1 unspecified atom stereocenters. The summed E-state index contributed by atoms with van der Waals surface area (Å²) >= 11 is 0. The third-order valence-electron chi connectivity index (χ3n) is 2.87. The minimum Gasteiger partial charge on any atom is -0.393 e. The molecule has 0 radical (unpaired) electrons. The number of unbranched alkanes of at least 4 members (excludes halogenated alkanes) is 6. The minimum atomic E-state index is -0.0781. The van der Waals surface area contributed by atoms with Crippen LogP contribution in [0.3, 0.4) is 0 Å². The molecule has 1 heteroatoms. The minimum absolute atomic E-state index is 0.0781. The Balaban J connectivity index is 3.06. The van der Waals surface area contributed by atoms with Crippen LogP contribution >= 0.6 is 0 Å². The second-order valence-electron chi connectivity index (χ2n) is 4.72. The molecule has 0 aromatic carbocycles. The van der Waals surface area contributed by atoms with Crippen molar-refractivity contribution in [1.29, 1.82) is 0 Å². The van der Waals surface area contributed by atoms with Crippen molar-refractivity contribution in [2.75, 3.05) is 0 Å². The lowest BCUT2D eigenvalue weighted by Crippen LogP contribution is -2.13. The molecule has 86 valence electrons. The molecule has 0 bridgehead atoms. The predicted molar refractivity (Wildman–Crippen MR) is 63.5 cm³/mol. The summed E-state index contributed by atoms with van der Waals surface area (Å²) in [7, 11) is 0. The molecule has 1 nitrogen and oxygen atoms in total. The second kappa shape index (κ2) is 9.51. The highest BCUT2D eigenvalue weighted by atomic mass is 16.3. The summed E-state index contributed by atoms with van der Waals surface area (Å²) in [4.78, 5) is 0. The molecular weight excluding hydrogens is 172 g/mol. The quantitative estimate of drug-likeness (QED) is 0.554. The van der Waals surface area contributed by atoms with Crippen LogP contribution in [0, 0.1) is 5.92 Å². The van der Waals surface area contributed by atoms with Gasteiger partial charge in [0.2, 0.25) is 0 Å². The van der Waals surface area contributed by atoms with Gasteiger partial charge < -0.3 is 5.11 Å². The van der Waals surface area contributed by atoms with Crippen molar-refractivity contribution < 1.29 is 5.11 Å². The molecule has 0 saturated heterocycles. The summed E-state index contributed by atoms with van der Waals surface area (Å²) in [5.74, 6) is 0.426. The van der Waals surface area contributed by atoms with E-state index in [1.807, 2.05) is 0 Å². The van der Waals surface area contributed by atoms with Crippen molar-refractivity contribution in [3.63, 3.8) is 0 Å². The molecule has 0 aromatic rings. The lowest BCUT2D eigenvalue weighted by molar-refractivity contribution is 0.113. The SMILES string of the molecule is CCCCCCCCCC(O)C(C)C. The van der Waals surface area contributed by atoms with Gasteiger partial charge in [-0.1, -0.05) is 65.7 Å². The zero-order valence-electron chi connectivity index (χ0n) is 10.3. The fourth-order valence-corrected chi connectivity index (χ4v) is 1.64. The number of hydrogen-bond donors (Lipinski definition) is 1. The summed E-state index contributed by atoms with van der Waals surface area (Å²) < 4.78 is 0. The summed E-state index contributed by atoms with van der Waals surface area (Å²) in [6, 6.07) is 0. The Labute approximate surface area is 89.9 Å². The lowest BCUT2D eigenvalue weighted by Gasteiger charge is -2.13. The topological polar surface area (TPSA) is 20.2 Å². The molecule has 1 atom stereocenters. The molecule has 0 aliphatic rings. The van der Waals surface area contributed by atoms with Gasteiger partial charge in [0.1, 0.15) is 0 Å². The summed E-state index contributed by atoms with van der Waals surface area (Å²) in [5.41, 5.74) is 0. The molecule has 0 aliphatic heterocycles. The summed E-state index contributed by atoms with van der Waals surface area (Å²) in [6.45, 7) is 6.43. The van der Waals surface area contributed by atoms with E-state index < -0.39 is 0 Å². The molecule has 0 heterocycles. The van der Waals surface area contributed by atoms with E-state index in [2.05, 4.69) is 20.8 Å². The van der Waals surface area contributed by atoms with Gasteiger partial charge in [0, 0.05) is 0 Å². The van der Waals surface area contributed by atoms with Crippen molar-refractivity contribution in [3.05, 3.63) is 0 Å². The van der Waals surface area contributed by atoms with Crippen LogP contribution < -0.4 is 0 Å². The van der Waals surface area contributed by atoms with Gasteiger partial charge in [-0.2, -0.15) is 0 Å². The Hall–Kier alpha value is -0.0400. The van der Waals surface area contributed by atoms with Gasteiger partial charge in [-0.3, -0.25) is 0 Å². The van der Waals surface area contributed by atoms with Crippen molar-refractivity contribution in [2.45, 2.75) is 78.2 Å². The number of aliphatic hydroxyl groups is 1. The molecule has 0 spiro atoms. The first-order chi connectivity index (χ1) is 6.68. The molecule has 1 N–H and O–H groups in total. The van der Waals surface area contributed by atoms with Crippen LogP contribution in [0.4, 0.5) is 0 Å². The highest BCUT2D eigenvalue weighted by Gasteiger charge is 2.07. The van der Waals surface area contributed by atoms with Gasteiger partial charge in [0.15, 0.2) is 0 Å². The van der Waals surface area contributed by atoms with Crippen LogP contribution in [0.5, 0.6) is 0 Å². The van der Waals surface area contributed by atoms with E-state index in [0.29, 0.717) is 5.92 Å². The maximum atomic E-state index is 9.57. The maximum Gasteiger partial charge on any atom is 0.0563 e. The third kappa shape index (κ3) is 8.55. The predicted octanol–water partition coefficient (Wildman–Crippen LogP) is 4.14. The van der Waals surface area contributed by atoms with Crippen LogP contribution in [-0.2, 0) is 0 Å². The second-order valence-corrected chi connectivity index (χ2v) is 4.72. The van der Waals surface area contributed by atoms with Gasteiger partial charge in [-0.05, 0) is 12.3 Å². The van der Waals surface area contributed by atoms with Gasteiger partial charge >= 0.3 is 0 Å². The Morgan fingerprint density at radius 2 is 1.36 bits per heavy atom. The van der Waals surface area contributed by atoms with E-state index in [0.717, 1.165) is 6.42 Å². The first-order valence-corrected chi connectivity index (χ1v) is 6.36. The molecule has 0 aromatic heterocycles. The molecular formula is C13H28O. The van der Waals surface area contributed by atoms with E-state index in [1.54, 1.807) is 0 Å². The summed E-state index contributed by atoms with van der Waals surface area (Å²) in [6.07, 6.45) is 10.2. The zero-order chi connectivity index (χ0) is 10.8. The average Bonchev–Trinajstić information content (AvgIpc) is 2.16. The zero-order valence-corrected chi connectivity index (χ0v) is 10.3. The van der Waals surface area contributed by atoms with Crippen molar-refractivity contribution in [1.82, 2.24) is 0 Å². The first kappa shape index (κ1) is 14.0. The van der Waals surface area contributed by atoms with E-state index in [-0.39, 0.29) is 6.10 Å². The Kier molecular flexibility index (Phi) is 9.49. The fraction of sp³-hybridized carbons (Fsp3) is 1.00. The van der Waals surface area contributed by atoms with Crippen LogP contribution in [0.15, 0.2) is 0 Å². The van der Waals surface area contributed by atoms with E-state index in [1.165, 1.54) is 44.9 Å². The van der Waals surface area contributed by atoms with Crippen LogP contribution in [0.1, 0.15) is 72.1 Å². The average molecular weight is 200 g/mol. The maximum absolute atomic E-state index is 9.57. The monoisotopic (exact) mass is 200 g/mol. The highest BCUT2D eigenvalue weighted by Crippen LogP contribution is 2.13. The Morgan fingerprint density at radius 1 is 0.857 bits per heavy atom. The van der Waals surface area contributed by atoms with Crippen LogP contribution in [-0.4, -0.2) is 11.2 Å². The normalized spacial score (nSPS) is 13.5. The largest absolute Gasteiger partial charge is 0.393 e. The van der Waals surface area contributed by atoms with Crippen molar-refractivity contribution >= 4 is 0 Å². The lowest BCUT2D eigenvalue weighted by atomic mass is 10.00. The van der Waals surface area contributed by atoms with E-state index in [4.69, 9.17) is 0 Å². The summed E-state index contributed by atoms with van der Waals surface area (Å²) in [5, 5.41) is 9.57.